The van der Waals surface area contributed by atoms with Crippen LogP contribution in [-0.4, -0.2) is 24.5 Å². The van der Waals surface area contributed by atoms with E-state index in [2.05, 4.69) is 163 Å². The fourth-order valence-electron chi connectivity index (χ4n) is 9.64. The molecule has 2 bridgehead atoms. The number of nitrogens with zero attached hydrogens (tertiary/aromatic N) is 3. The molecule has 3 heteroatoms. The van der Waals surface area contributed by atoms with Crippen LogP contribution in [0.15, 0.2) is 179 Å². The van der Waals surface area contributed by atoms with E-state index in [1.54, 1.807) is 0 Å². The number of aliphatic imine (C=N–C) groups is 2. The summed E-state index contributed by atoms with van der Waals surface area (Å²) in [6.07, 6.45) is 11.5. The standard InChI is InChI=1S/C51H39N3/c1-2-14-36-33(12-1)13-11-20-39(36)51-42-18-5-3-16-40(42)50(41-17-4-6-19-43(41)51)35-26-24-34(25-27-35)47-32-44-37(28-30-52-47)38-15-7-9-22-48(38)54-31-29-45(44)53-46-21-8-10-23-49(46)54/h1-3,5,7-16,18-28,32,41H,4,6,17,29-31H2. The monoisotopic (exact) mass is 693 g/mol. The summed E-state index contributed by atoms with van der Waals surface area (Å²) in [5, 5.41) is 5.30. The third-order valence-corrected chi connectivity index (χ3v) is 12.0. The molecule has 1 atom stereocenters. The van der Waals surface area contributed by atoms with Gasteiger partial charge in [0.25, 0.3) is 0 Å². The highest BCUT2D eigenvalue weighted by atomic mass is 15.2. The Morgan fingerprint density at radius 2 is 1.35 bits per heavy atom. The molecule has 3 heterocycles. The van der Waals surface area contributed by atoms with E-state index >= 15 is 0 Å². The fraction of sp³-hybridized carbons (Fsp3) is 0.137. The van der Waals surface area contributed by atoms with Gasteiger partial charge >= 0.3 is 0 Å². The van der Waals surface area contributed by atoms with Crippen molar-refractivity contribution in [3.8, 4) is 0 Å². The summed E-state index contributed by atoms with van der Waals surface area (Å²) >= 11 is 0. The Bertz CT molecular complexity index is 2820. The minimum Gasteiger partial charge on any atom is -0.339 e. The maximum Gasteiger partial charge on any atom is 0.0870 e. The zero-order valence-electron chi connectivity index (χ0n) is 30.2. The Kier molecular flexibility index (Phi) is 7.33. The largest absolute Gasteiger partial charge is 0.339 e. The fourth-order valence-corrected chi connectivity index (χ4v) is 9.64. The van der Waals surface area contributed by atoms with E-state index in [-0.39, 0.29) is 0 Å². The number of hydrogen-bond donors (Lipinski definition) is 0. The lowest BCUT2D eigenvalue weighted by molar-refractivity contribution is 0.619. The molecule has 11 rings (SSSR count). The van der Waals surface area contributed by atoms with Crippen LogP contribution in [0.5, 0.6) is 0 Å². The molecule has 2 aliphatic carbocycles. The van der Waals surface area contributed by atoms with E-state index < -0.39 is 0 Å². The highest BCUT2D eigenvalue weighted by Gasteiger charge is 2.32. The Balaban J connectivity index is 1.05. The van der Waals surface area contributed by atoms with Gasteiger partial charge in [0, 0.05) is 35.7 Å². The third kappa shape index (κ3) is 4.95. The van der Waals surface area contributed by atoms with Gasteiger partial charge in [-0.2, -0.15) is 0 Å². The second kappa shape index (κ2) is 12.7. The van der Waals surface area contributed by atoms with Gasteiger partial charge in [-0.05, 0) is 104 Å². The summed E-state index contributed by atoms with van der Waals surface area (Å²) < 4.78 is 0. The number of hydrogen-bond acceptors (Lipinski definition) is 3. The van der Waals surface area contributed by atoms with Gasteiger partial charge in [-0.15, -0.1) is 0 Å². The summed E-state index contributed by atoms with van der Waals surface area (Å²) in [6, 6.07) is 51.4. The molecule has 3 nitrogen and oxygen atoms in total. The zero-order valence-corrected chi connectivity index (χ0v) is 30.2. The van der Waals surface area contributed by atoms with Crippen LogP contribution >= 0.6 is 0 Å². The van der Waals surface area contributed by atoms with Crippen LogP contribution in [0.4, 0.5) is 17.1 Å². The van der Waals surface area contributed by atoms with E-state index in [0.717, 1.165) is 48.5 Å². The van der Waals surface area contributed by atoms with Crippen molar-refractivity contribution in [3.05, 3.63) is 202 Å². The van der Waals surface area contributed by atoms with Crippen LogP contribution in [0, 0.1) is 5.92 Å². The molecule has 0 N–H and O–H groups in total. The van der Waals surface area contributed by atoms with Crippen molar-refractivity contribution >= 4 is 56.0 Å². The van der Waals surface area contributed by atoms with E-state index in [1.165, 1.54) is 83.6 Å². The Hall–Kier alpha value is -6.32. The molecule has 0 saturated carbocycles. The quantitative estimate of drug-likeness (QED) is 0.181. The first-order chi connectivity index (χ1) is 26.8. The first-order valence-corrected chi connectivity index (χ1v) is 19.4. The third-order valence-electron chi connectivity index (χ3n) is 12.0. The second-order valence-electron chi connectivity index (χ2n) is 14.9. The maximum absolute atomic E-state index is 5.34. The average Bonchev–Trinajstić information content (AvgIpc) is 3.56. The molecule has 5 aliphatic rings. The lowest BCUT2D eigenvalue weighted by atomic mass is 9.70. The molecule has 0 amide bonds. The van der Waals surface area contributed by atoms with Crippen molar-refractivity contribution in [3.63, 3.8) is 0 Å². The van der Waals surface area contributed by atoms with Crippen LogP contribution in [0.2, 0.25) is 0 Å². The topological polar surface area (TPSA) is 28.0 Å². The molecule has 0 aromatic heterocycles. The Morgan fingerprint density at radius 3 is 2.28 bits per heavy atom. The SMILES string of the molecule is C1=C2C(=CCN=C1c1ccc(C3=c4ccccc4=C(c4cccc5ccccc45)C4=CCCCC43)cc1)c1ccccc1N1CCC2=Nc2ccccc21. The minimum absolute atomic E-state index is 0.350. The van der Waals surface area contributed by atoms with Crippen LogP contribution in [0.25, 0.3) is 27.5 Å². The molecule has 3 aliphatic heterocycles. The molecule has 0 spiro atoms. The zero-order chi connectivity index (χ0) is 35.6. The lowest BCUT2D eigenvalue weighted by Crippen LogP contribution is -2.38. The van der Waals surface area contributed by atoms with Crippen molar-refractivity contribution in [1.29, 1.82) is 0 Å². The Labute approximate surface area is 316 Å². The molecule has 1 unspecified atom stereocenters. The van der Waals surface area contributed by atoms with Gasteiger partial charge in [-0.3, -0.25) is 9.98 Å². The molecule has 0 fully saturated rings. The van der Waals surface area contributed by atoms with E-state index in [1.807, 2.05) is 0 Å². The van der Waals surface area contributed by atoms with Crippen molar-refractivity contribution < 1.29 is 0 Å². The van der Waals surface area contributed by atoms with Crippen molar-refractivity contribution in [2.24, 2.45) is 15.9 Å². The number of anilines is 2. The van der Waals surface area contributed by atoms with Crippen molar-refractivity contribution in [1.82, 2.24) is 0 Å². The highest BCUT2D eigenvalue weighted by molar-refractivity contribution is 6.23. The molecule has 6 aromatic rings. The number of fused-ring (bicyclic) bond motifs is 13. The highest BCUT2D eigenvalue weighted by Crippen LogP contribution is 2.46. The smallest absolute Gasteiger partial charge is 0.0870 e. The first kappa shape index (κ1) is 31.2. The summed E-state index contributed by atoms with van der Waals surface area (Å²) in [5.41, 5.74) is 17.3. The summed E-state index contributed by atoms with van der Waals surface area (Å²) in [7, 11) is 0. The normalized spacial score (nSPS) is 18.6. The van der Waals surface area contributed by atoms with Gasteiger partial charge < -0.3 is 4.90 Å². The summed E-state index contributed by atoms with van der Waals surface area (Å²) in [5.74, 6) is 0.350. The first-order valence-electron chi connectivity index (χ1n) is 19.4. The van der Waals surface area contributed by atoms with Gasteiger partial charge in [0.2, 0.25) is 0 Å². The summed E-state index contributed by atoms with van der Waals surface area (Å²) in [4.78, 5) is 13.0. The van der Waals surface area contributed by atoms with Gasteiger partial charge in [0.05, 0.1) is 29.3 Å². The van der Waals surface area contributed by atoms with Crippen LogP contribution in [0.3, 0.4) is 0 Å². The number of benzene rings is 6. The molecular weight excluding hydrogens is 655 g/mol. The number of rotatable bonds is 3. The molecule has 0 saturated heterocycles. The van der Waals surface area contributed by atoms with Gasteiger partial charge in [0.1, 0.15) is 0 Å². The van der Waals surface area contributed by atoms with Crippen molar-refractivity contribution in [2.75, 3.05) is 18.0 Å². The molecule has 6 aromatic carbocycles. The Morgan fingerprint density at radius 1 is 0.611 bits per heavy atom. The number of allylic oxidation sites excluding steroid dienone is 5. The van der Waals surface area contributed by atoms with E-state index in [4.69, 9.17) is 9.98 Å². The summed E-state index contributed by atoms with van der Waals surface area (Å²) in [6.45, 7) is 1.50. The molecular formula is C51H39N3. The molecule has 54 heavy (non-hydrogen) atoms. The maximum atomic E-state index is 5.34. The number of para-hydroxylation sites is 3. The average molecular weight is 694 g/mol. The van der Waals surface area contributed by atoms with E-state index in [0.29, 0.717) is 12.5 Å². The predicted molar refractivity (Wildman–Crippen MR) is 226 cm³/mol. The molecule has 258 valence electrons. The molecule has 0 radical (unpaired) electrons. The minimum atomic E-state index is 0.350. The lowest BCUT2D eigenvalue weighted by Gasteiger charge is -2.33. The predicted octanol–water partition coefficient (Wildman–Crippen LogP) is 10.4. The van der Waals surface area contributed by atoms with Crippen LogP contribution in [-0.2, 0) is 0 Å². The van der Waals surface area contributed by atoms with Gasteiger partial charge in [-0.25, -0.2) is 0 Å². The van der Waals surface area contributed by atoms with Crippen LogP contribution in [0.1, 0.15) is 47.9 Å². The van der Waals surface area contributed by atoms with Crippen LogP contribution < -0.4 is 15.3 Å². The second-order valence-corrected chi connectivity index (χ2v) is 14.9. The van der Waals surface area contributed by atoms with E-state index in [9.17, 15) is 0 Å². The van der Waals surface area contributed by atoms with Gasteiger partial charge in [-0.1, -0.05) is 133 Å². The van der Waals surface area contributed by atoms with Gasteiger partial charge in [0.15, 0.2) is 0 Å². The van der Waals surface area contributed by atoms with Crippen molar-refractivity contribution in [2.45, 2.75) is 25.7 Å².